The molecule has 0 aliphatic carbocycles. The Bertz CT molecular complexity index is 338. The van der Waals surface area contributed by atoms with Gasteiger partial charge in [-0.15, -0.1) is 11.3 Å². The molecule has 0 radical (unpaired) electrons. The molecule has 86 valence electrons. The standard InChI is InChI=1S/C7H5F6NS/c8-6(9,10)3-1-4(15-2-3)5(14)7(11,12)13/h1-2,5H,14H2. The zero-order valence-corrected chi connectivity index (χ0v) is 7.80. The number of hydrogen-bond acceptors (Lipinski definition) is 2. The molecule has 2 N–H and O–H groups in total. The maximum absolute atomic E-state index is 12.0. The van der Waals surface area contributed by atoms with Crippen LogP contribution in [0.3, 0.4) is 0 Å². The Morgan fingerprint density at radius 1 is 1.13 bits per heavy atom. The second kappa shape index (κ2) is 3.67. The Kier molecular flexibility index (Phi) is 3.01. The van der Waals surface area contributed by atoms with Gasteiger partial charge >= 0.3 is 12.4 Å². The summed E-state index contributed by atoms with van der Waals surface area (Å²) in [5.41, 5.74) is 3.64. The van der Waals surface area contributed by atoms with E-state index in [1.807, 2.05) is 0 Å². The highest BCUT2D eigenvalue weighted by atomic mass is 32.1. The summed E-state index contributed by atoms with van der Waals surface area (Å²) < 4.78 is 72.3. The number of halogens is 6. The Morgan fingerprint density at radius 3 is 2.00 bits per heavy atom. The Morgan fingerprint density at radius 2 is 1.67 bits per heavy atom. The van der Waals surface area contributed by atoms with Crippen LogP contribution < -0.4 is 5.73 Å². The normalized spacial score (nSPS) is 15.4. The van der Waals surface area contributed by atoms with Crippen LogP contribution in [0.2, 0.25) is 0 Å². The third-order valence-electron chi connectivity index (χ3n) is 1.61. The number of alkyl halides is 6. The average molecular weight is 249 g/mol. The van der Waals surface area contributed by atoms with Crippen molar-refractivity contribution < 1.29 is 26.3 Å². The van der Waals surface area contributed by atoms with Gasteiger partial charge in [0.2, 0.25) is 0 Å². The summed E-state index contributed by atoms with van der Waals surface area (Å²) in [5.74, 6) is 0. The van der Waals surface area contributed by atoms with E-state index in [2.05, 4.69) is 0 Å². The van der Waals surface area contributed by atoms with E-state index in [4.69, 9.17) is 5.73 Å². The first-order valence-corrected chi connectivity index (χ1v) is 4.48. The van der Waals surface area contributed by atoms with Crippen molar-refractivity contribution in [3.05, 3.63) is 21.9 Å². The molecule has 0 aliphatic heterocycles. The molecule has 8 heteroatoms. The summed E-state index contributed by atoms with van der Waals surface area (Å²) in [6, 6.07) is -1.94. The zero-order valence-electron chi connectivity index (χ0n) is 6.99. The Hall–Kier alpha value is -0.760. The third kappa shape index (κ3) is 2.85. The van der Waals surface area contributed by atoms with E-state index in [0.29, 0.717) is 22.8 Å². The van der Waals surface area contributed by atoms with E-state index in [0.717, 1.165) is 0 Å². The lowest BCUT2D eigenvalue weighted by atomic mass is 10.2. The number of hydrogen-bond donors (Lipinski definition) is 1. The van der Waals surface area contributed by atoms with Gasteiger partial charge in [-0.2, -0.15) is 26.3 Å². The highest BCUT2D eigenvalue weighted by Crippen LogP contribution is 2.38. The van der Waals surface area contributed by atoms with Crippen LogP contribution in [0.4, 0.5) is 26.3 Å². The zero-order chi connectivity index (χ0) is 11.9. The van der Waals surface area contributed by atoms with Crippen LogP contribution in [0.15, 0.2) is 11.4 Å². The summed E-state index contributed by atoms with van der Waals surface area (Å²) in [4.78, 5) is -0.546. The maximum atomic E-state index is 12.0. The van der Waals surface area contributed by atoms with Gasteiger partial charge in [0.15, 0.2) is 0 Å². The smallest absolute Gasteiger partial charge is 0.316 e. The van der Waals surface area contributed by atoms with E-state index in [1.165, 1.54) is 0 Å². The van der Waals surface area contributed by atoms with Crippen molar-refractivity contribution in [2.75, 3.05) is 0 Å². The van der Waals surface area contributed by atoms with Crippen molar-refractivity contribution in [3.63, 3.8) is 0 Å². The molecule has 0 fully saturated rings. The molecule has 1 atom stereocenters. The highest BCUT2D eigenvalue weighted by Gasteiger charge is 2.40. The molecule has 0 aromatic carbocycles. The molecule has 15 heavy (non-hydrogen) atoms. The minimum Gasteiger partial charge on any atom is -0.316 e. The number of nitrogens with two attached hydrogens (primary N) is 1. The van der Waals surface area contributed by atoms with Gasteiger partial charge in [-0.3, -0.25) is 0 Å². The predicted octanol–water partition coefficient (Wildman–Crippen LogP) is 3.33. The second-order valence-corrected chi connectivity index (χ2v) is 3.70. The molecule has 1 rings (SSSR count). The molecule has 1 heterocycles. The largest absolute Gasteiger partial charge is 0.417 e. The lowest BCUT2D eigenvalue weighted by Crippen LogP contribution is -2.27. The fourth-order valence-corrected chi connectivity index (χ4v) is 1.77. The van der Waals surface area contributed by atoms with Crippen LogP contribution in [-0.4, -0.2) is 6.18 Å². The molecule has 0 saturated carbocycles. The molecule has 0 amide bonds. The van der Waals surface area contributed by atoms with Gasteiger partial charge in [0.25, 0.3) is 0 Å². The molecule has 0 aliphatic rings. The van der Waals surface area contributed by atoms with Crippen LogP contribution in [0.5, 0.6) is 0 Å². The number of rotatable bonds is 1. The molecule has 0 spiro atoms. The monoisotopic (exact) mass is 249 g/mol. The van der Waals surface area contributed by atoms with Crippen LogP contribution >= 0.6 is 11.3 Å². The first-order chi connectivity index (χ1) is 6.62. The van der Waals surface area contributed by atoms with E-state index in [-0.39, 0.29) is 0 Å². The van der Waals surface area contributed by atoms with E-state index in [1.54, 1.807) is 0 Å². The van der Waals surface area contributed by atoms with Gasteiger partial charge in [0, 0.05) is 10.3 Å². The van der Waals surface area contributed by atoms with Crippen LogP contribution in [-0.2, 0) is 6.18 Å². The van der Waals surface area contributed by atoms with Crippen molar-refractivity contribution in [1.29, 1.82) is 0 Å². The van der Waals surface area contributed by atoms with Crippen molar-refractivity contribution in [3.8, 4) is 0 Å². The summed E-state index contributed by atoms with van der Waals surface area (Å²) in [6.07, 6.45) is -9.37. The van der Waals surface area contributed by atoms with E-state index < -0.39 is 28.8 Å². The lowest BCUT2D eigenvalue weighted by Gasteiger charge is -2.13. The van der Waals surface area contributed by atoms with Crippen LogP contribution in [0.25, 0.3) is 0 Å². The Balaban J connectivity index is 2.95. The predicted molar refractivity (Wildman–Crippen MR) is 42.3 cm³/mol. The Labute approximate surface area is 84.5 Å². The average Bonchev–Trinajstić information content (AvgIpc) is 2.47. The van der Waals surface area contributed by atoms with Gasteiger partial charge in [-0.1, -0.05) is 0 Å². The third-order valence-corrected chi connectivity index (χ3v) is 2.62. The molecule has 0 bridgehead atoms. The van der Waals surface area contributed by atoms with Crippen LogP contribution in [0, 0.1) is 0 Å². The topological polar surface area (TPSA) is 26.0 Å². The van der Waals surface area contributed by atoms with Gasteiger partial charge in [-0.05, 0) is 6.07 Å². The molecule has 1 aromatic rings. The van der Waals surface area contributed by atoms with E-state index >= 15 is 0 Å². The molecular weight excluding hydrogens is 244 g/mol. The first kappa shape index (κ1) is 12.3. The second-order valence-electron chi connectivity index (χ2n) is 2.75. The van der Waals surface area contributed by atoms with E-state index in [9.17, 15) is 26.3 Å². The quantitative estimate of drug-likeness (QED) is 0.759. The number of thiophene rings is 1. The summed E-state index contributed by atoms with van der Waals surface area (Å²) in [7, 11) is 0. The maximum Gasteiger partial charge on any atom is 0.417 e. The van der Waals surface area contributed by atoms with Crippen molar-refractivity contribution in [1.82, 2.24) is 0 Å². The van der Waals surface area contributed by atoms with Crippen molar-refractivity contribution in [2.24, 2.45) is 5.73 Å². The van der Waals surface area contributed by atoms with Gasteiger partial charge in [-0.25, -0.2) is 0 Å². The molecular formula is C7H5F6NS. The molecule has 1 nitrogen and oxygen atoms in total. The van der Waals surface area contributed by atoms with Gasteiger partial charge in [0.05, 0.1) is 5.56 Å². The first-order valence-electron chi connectivity index (χ1n) is 3.60. The van der Waals surface area contributed by atoms with Gasteiger partial charge in [0.1, 0.15) is 6.04 Å². The minimum absolute atomic E-state index is 0.346. The lowest BCUT2D eigenvalue weighted by molar-refractivity contribution is -0.149. The fraction of sp³-hybridized carbons (Fsp3) is 0.429. The highest BCUT2D eigenvalue weighted by molar-refractivity contribution is 7.10. The minimum atomic E-state index is -4.73. The summed E-state index contributed by atoms with van der Waals surface area (Å²) >= 11 is 0.346. The van der Waals surface area contributed by atoms with Crippen molar-refractivity contribution >= 4 is 11.3 Å². The van der Waals surface area contributed by atoms with Crippen LogP contribution in [0.1, 0.15) is 16.5 Å². The summed E-state index contributed by atoms with van der Waals surface area (Å²) in [5, 5.41) is 0.612. The molecule has 0 saturated heterocycles. The molecule has 1 unspecified atom stereocenters. The SMILES string of the molecule is NC(c1cc(C(F)(F)F)cs1)C(F)(F)F. The van der Waals surface area contributed by atoms with Crippen molar-refractivity contribution in [2.45, 2.75) is 18.4 Å². The molecule has 1 aromatic heterocycles. The summed E-state index contributed by atoms with van der Waals surface area (Å²) in [6.45, 7) is 0. The van der Waals surface area contributed by atoms with Gasteiger partial charge < -0.3 is 5.73 Å². The fourth-order valence-electron chi connectivity index (χ4n) is 0.826.